The number of imidazole rings is 1. The average molecular weight is 361 g/mol. The van der Waals surface area contributed by atoms with E-state index >= 15 is 0 Å². The average Bonchev–Trinajstić information content (AvgIpc) is 3.06. The number of likely N-dealkylation sites (tertiary alicyclic amines) is 1. The van der Waals surface area contributed by atoms with E-state index in [4.69, 9.17) is 0 Å². The van der Waals surface area contributed by atoms with Gasteiger partial charge in [-0.25, -0.2) is 13.8 Å². The molecule has 1 aliphatic rings. The quantitative estimate of drug-likeness (QED) is 0.786. The molecule has 1 fully saturated rings. The lowest BCUT2D eigenvalue weighted by Gasteiger charge is -2.33. The normalized spacial score (nSPS) is 17.5. The topological polar surface area (TPSA) is 38.1 Å². The summed E-state index contributed by atoms with van der Waals surface area (Å²) < 4.78 is 28.3. The van der Waals surface area contributed by atoms with Crippen LogP contribution in [0.25, 0.3) is 0 Å². The first-order valence-electron chi connectivity index (χ1n) is 9.22. The van der Waals surface area contributed by atoms with Crippen LogP contribution in [-0.4, -0.2) is 33.4 Å². The largest absolute Gasteiger partial charge is 0.342 e. The molecule has 2 aromatic rings. The van der Waals surface area contributed by atoms with Crippen molar-refractivity contribution in [3.05, 3.63) is 53.6 Å². The van der Waals surface area contributed by atoms with Gasteiger partial charge in [-0.3, -0.25) is 4.79 Å². The molecule has 6 heteroatoms. The number of aryl methyl sites for hydroxylation is 3. The summed E-state index contributed by atoms with van der Waals surface area (Å²) >= 11 is 0. The number of nitrogens with zero attached hydrogens (tertiary/aromatic N) is 3. The Labute approximate surface area is 152 Å². The zero-order chi connectivity index (χ0) is 18.5. The van der Waals surface area contributed by atoms with Gasteiger partial charge in [-0.2, -0.15) is 0 Å². The zero-order valence-electron chi connectivity index (χ0n) is 15.1. The number of aromatic nitrogens is 2. The van der Waals surface area contributed by atoms with Crippen LogP contribution in [0.3, 0.4) is 0 Å². The Morgan fingerprint density at radius 3 is 2.88 bits per heavy atom. The standard InChI is InChI=1S/C20H25F2N3O/c1-15-23-9-12-24(15)11-8-20(26)25-10-2-3-17(14-25)5-4-16-6-7-18(21)19(22)13-16/h6-7,9,12-13,17H,2-5,8,10-11,14H2,1H3/t17-/m0/s1. The smallest absolute Gasteiger partial charge is 0.224 e. The summed E-state index contributed by atoms with van der Waals surface area (Å²) in [7, 11) is 0. The van der Waals surface area contributed by atoms with E-state index < -0.39 is 11.6 Å². The van der Waals surface area contributed by atoms with Gasteiger partial charge in [-0.1, -0.05) is 6.07 Å². The molecule has 0 saturated carbocycles. The summed E-state index contributed by atoms with van der Waals surface area (Å²) in [6, 6.07) is 4.09. The molecule has 1 saturated heterocycles. The minimum absolute atomic E-state index is 0.177. The summed E-state index contributed by atoms with van der Waals surface area (Å²) in [5.74, 6) is -0.0960. The van der Waals surface area contributed by atoms with Gasteiger partial charge in [0, 0.05) is 38.4 Å². The summed E-state index contributed by atoms with van der Waals surface area (Å²) in [4.78, 5) is 18.6. The lowest BCUT2D eigenvalue weighted by Crippen LogP contribution is -2.40. The SMILES string of the molecule is Cc1nccn1CCC(=O)N1CCC[C@@H](CCc2ccc(F)c(F)c2)C1. The number of hydrogen-bond acceptors (Lipinski definition) is 2. The van der Waals surface area contributed by atoms with Crippen LogP contribution in [0.5, 0.6) is 0 Å². The molecular formula is C20H25F2N3O. The number of benzene rings is 1. The Morgan fingerprint density at radius 2 is 2.15 bits per heavy atom. The van der Waals surface area contributed by atoms with Crippen LogP contribution in [0.4, 0.5) is 8.78 Å². The first-order valence-corrected chi connectivity index (χ1v) is 9.22. The molecule has 1 aromatic heterocycles. The van der Waals surface area contributed by atoms with Gasteiger partial charge in [0.1, 0.15) is 5.82 Å². The van der Waals surface area contributed by atoms with Crippen molar-refractivity contribution in [3.8, 4) is 0 Å². The van der Waals surface area contributed by atoms with Gasteiger partial charge >= 0.3 is 0 Å². The van der Waals surface area contributed by atoms with Gasteiger partial charge in [0.2, 0.25) is 5.91 Å². The molecule has 0 spiro atoms. The summed E-state index contributed by atoms with van der Waals surface area (Å²) in [5, 5.41) is 0. The predicted octanol–water partition coefficient (Wildman–Crippen LogP) is 3.73. The zero-order valence-corrected chi connectivity index (χ0v) is 15.1. The molecule has 0 aliphatic carbocycles. The van der Waals surface area contributed by atoms with Crippen molar-refractivity contribution in [1.82, 2.24) is 14.5 Å². The van der Waals surface area contributed by atoms with Crippen molar-refractivity contribution >= 4 is 5.91 Å². The van der Waals surface area contributed by atoms with Crippen molar-refractivity contribution in [3.63, 3.8) is 0 Å². The summed E-state index contributed by atoms with van der Waals surface area (Å²) in [6.07, 6.45) is 7.78. The van der Waals surface area contributed by atoms with E-state index in [1.54, 1.807) is 12.3 Å². The van der Waals surface area contributed by atoms with Gasteiger partial charge in [-0.15, -0.1) is 0 Å². The number of piperidine rings is 1. The summed E-state index contributed by atoms with van der Waals surface area (Å²) in [6.45, 7) is 4.15. The first kappa shape index (κ1) is 18.5. The highest BCUT2D eigenvalue weighted by molar-refractivity contribution is 5.76. The highest BCUT2D eigenvalue weighted by Gasteiger charge is 2.23. The number of halogens is 2. The molecule has 26 heavy (non-hydrogen) atoms. The Hall–Kier alpha value is -2.24. The Morgan fingerprint density at radius 1 is 1.31 bits per heavy atom. The molecule has 4 nitrogen and oxygen atoms in total. The van der Waals surface area contributed by atoms with Gasteiger partial charge in [-0.05, 0) is 56.2 Å². The second-order valence-corrected chi connectivity index (χ2v) is 7.05. The van der Waals surface area contributed by atoms with Crippen LogP contribution in [-0.2, 0) is 17.8 Å². The molecular weight excluding hydrogens is 336 g/mol. The van der Waals surface area contributed by atoms with E-state index in [-0.39, 0.29) is 5.91 Å². The maximum Gasteiger partial charge on any atom is 0.224 e. The molecule has 1 aromatic carbocycles. The number of carbonyl (C=O) groups is 1. The van der Waals surface area contributed by atoms with Crippen molar-refractivity contribution in [2.45, 2.75) is 45.6 Å². The van der Waals surface area contributed by atoms with Gasteiger partial charge in [0.15, 0.2) is 11.6 Å². The number of hydrogen-bond donors (Lipinski definition) is 0. The second-order valence-electron chi connectivity index (χ2n) is 7.05. The Bertz CT molecular complexity index is 759. The maximum atomic E-state index is 13.3. The molecule has 140 valence electrons. The van der Waals surface area contributed by atoms with E-state index in [0.29, 0.717) is 25.3 Å². The van der Waals surface area contributed by atoms with Gasteiger partial charge in [0.05, 0.1) is 0 Å². The molecule has 1 aliphatic heterocycles. The molecule has 0 N–H and O–H groups in total. The van der Waals surface area contributed by atoms with E-state index in [0.717, 1.165) is 43.7 Å². The predicted molar refractivity (Wildman–Crippen MR) is 95.6 cm³/mol. The fourth-order valence-corrected chi connectivity index (χ4v) is 3.61. The van der Waals surface area contributed by atoms with Crippen LogP contribution >= 0.6 is 0 Å². The molecule has 0 bridgehead atoms. The minimum atomic E-state index is -0.809. The minimum Gasteiger partial charge on any atom is -0.342 e. The van der Waals surface area contributed by atoms with Crippen molar-refractivity contribution in [1.29, 1.82) is 0 Å². The third-order valence-electron chi connectivity index (χ3n) is 5.19. The molecule has 0 radical (unpaired) electrons. The molecule has 1 atom stereocenters. The fourth-order valence-electron chi connectivity index (χ4n) is 3.61. The Balaban J connectivity index is 1.48. The van der Waals surface area contributed by atoms with Gasteiger partial charge < -0.3 is 9.47 Å². The number of amides is 1. The second kappa shape index (κ2) is 8.43. The molecule has 3 rings (SSSR count). The van der Waals surface area contributed by atoms with E-state index in [2.05, 4.69) is 4.98 Å². The lowest BCUT2D eigenvalue weighted by molar-refractivity contribution is -0.133. The van der Waals surface area contributed by atoms with Crippen molar-refractivity contribution in [2.75, 3.05) is 13.1 Å². The Kier molecular flexibility index (Phi) is 6.01. The van der Waals surface area contributed by atoms with Crippen molar-refractivity contribution in [2.24, 2.45) is 5.92 Å². The van der Waals surface area contributed by atoms with E-state index in [1.165, 1.54) is 12.1 Å². The molecule has 0 unspecified atom stereocenters. The van der Waals surface area contributed by atoms with Crippen LogP contribution in [0.15, 0.2) is 30.6 Å². The highest BCUT2D eigenvalue weighted by atomic mass is 19.2. The van der Waals surface area contributed by atoms with Crippen LogP contribution in [0, 0.1) is 24.5 Å². The lowest BCUT2D eigenvalue weighted by atomic mass is 9.91. The van der Waals surface area contributed by atoms with Crippen LogP contribution in [0.1, 0.15) is 37.1 Å². The fraction of sp³-hybridized carbons (Fsp3) is 0.500. The molecule has 2 heterocycles. The van der Waals surface area contributed by atoms with E-state index in [9.17, 15) is 13.6 Å². The number of carbonyl (C=O) groups excluding carboxylic acids is 1. The van der Waals surface area contributed by atoms with Gasteiger partial charge in [0.25, 0.3) is 0 Å². The third kappa shape index (κ3) is 4.68. The van der Waals surface area contributed by atoms with E-state index in [1.807, 2.05) is 22.6 Å². The molecule has 1 amide bonds. The monoisotopic (exact) mass is 361 g/mol. The highest BCUT2D eigenvalue weighted by Crippen LogP contribution is 2.23. The van der Waals surface area contributed by atoms with Crippen LogP contribution in [0.2, 0.25) is 0 Å². The first-order chi connectivity index (χ1) is 12.5. The third-order valence-corrected chi connectivity index (χ3v) is 5.19. The van der Waals surface area contributed by atoms with Crippen LogP contribution < -0.4 is 0 Å². The maximum absolute atomic E-state index is 13.3. The summed E-state index contributed by atoms with van der Waals surface area (Å²) in [5.41, 5.74) is 0.808. The van der Waals surface area contributed by atoms with Crippen molar-refractivity contribution < 1.29 is 13.6 Å². The number of rotatable bonds is 6.